The van der Waals surface area contributed by atoms with E-state index in [4.69, 9.17) is 0 Å². The van der Waals surface area contributed by atoms with Crippen molar-refractivity contribution in [3.63, 3.8) is 0 Å². The molecule has 1 fully saturated rings. The lowest BCUT2D eigenvalue weighted by Crippen LogP contribution is -2.26. The van der Waals surface area contributed by atoms with Gasteiger partial charge in [0.15, 0.2) is 9.84 Å². The Labute approximate surface area is 117 Å². The Bertz CT molecular complexity index is 703. The molecular weight excluding hydrogens is 278 g/mol. The van der Waals surface area contributed by atoms with Gasteiger partial charge in [0.2, 0.25) is 0 Å². The lowest BCUT2D eigenvalue weighted by atomic mass is 9.96. The number of aromatic nitrogens is 1. The van der Waals surface area contributed by atoms with Gasteiger partial charge in [0.05, 0.1) is 26.7 Å². The fourth-order valence-corrected chi connectivity index (χ4v) is 5.41. The maximum absolute atomic E-state index is 11.7. The maximum Gasteiger partial charge on any atom is 0.150 e. The third kappa shape index (κ3) is 2.98. The first-order valence-electron chi connectivity index (χ1n) is 6.58. The van der Waals surface area contributed by atoms with Crippen molar-refractivity contribution in [3.8, 4) is 0 Å². The molecule has 2 heterocycles. The van der Waals surface area contributed by atoms with Crippen molar-refractivity contribution in [2.24, 2.45) is 5.92 Å². The van der Waals surface area contributed by atoms with Gasteiger partial charge in [-0.25, -0.2) is 13.4 Å². The van der Waals surface area contributed by atoms with Crippen LogP contribution in [-0.4, -0.2) is 24.9 Å². The van der Waals surface area contributed by atoms with Crippen molar-refractivity contribution in [1.82, 2.24) is 4.98 Å². The van der Waals surface area contributed by atoms with Crippen LogP contribution in [0.1, 0.15) is 23.4 Å². The number of nitrogens with zero attached hydrogens (tertiary/aromatic N) is 1. The summed E-state index contributed by atoms with van der Waals surface area (Å²) in [5.41, 5.74) is 2.25. The van der Waals surface area contributed by atoms with Gasteiger partial charge in [0.25, 0.3) is 0 Å². The zero-order valence-electron chi connectivity index (χ0n) is 10.9. The van der Waals surface area contributed by atoms with Crippen LogP contribution in [0.3, 0.4) is 0 Å². The van der Waals surface area contributed by atoms with Crippen LogP contribution in [-0.2, 0) is 16.3 Å². The van der Waals surface area contributed by atoms with Crippen molar-refractivity contribution >= 4 is 31.4 Å². The molecule has 0 bridgehead atoms. The molecule has 1 aromatic heterocycles. The molecule has 0 N–H and O–H groups in total. The van der Waals surface area contributed by atoms with Gasteiger partial charge >= 0.3 is 0 Å². The zero-order valence-corrected chi connectivity index (χ0v) is 12.6. The summed E-state index contributed by atoms with van der Waals surface area (Å²) in [6.07, 6.45) is 2.68. The van der Waals surface area contributed by atoms with Crippen LogP contribution in [0.25, 0.3) is 10.2 Å². The third-order valence-electron chi connectivity index (χ3n) is 3.64. The quantitative estimate of drug-likeness (QED) is 0.855. The van der Waals surface area contributed by atoms with Crippen LogP contribution in [0, 0.1) is 12.8 Å². The molecule has 0 saturated carbocycles. The summed E-state index contributed by atoms with van der Waals surface area (Å²) in [6.45, 7) is 2.01. The number of fused-ring (bicyclic) bond motifs is 1. The summed E-state index contributed by atoms with van der Waals surface area (Å²) < 4.78 is 24.5. The Morgan fingerprint density at radius 3 is 3.05 bits per heavy atom. The first-order valence-corrected chi connectivity index (χ1v) is 9.22. The van der Waals surface area contributed by atoms with Crippen molar-refractivity contribution in [2.45, 2.75) is 26.2 Å². The average Bonchev–Trinajstić information content (AvgIpc) is 2.67. The molecule has 5 heteroatoms. The summed E-state index contributed by atoms with van der Waals surface area (Å²) >= 11 is 1.70. The molecule has 0 spiro atoms. The van der Waals surface area contributed by atoms with E-state index in [-0.39, 0.29) is 5.92 Å². The van der Waals surface area contributed by atoms with Gasteiger partial charge in [0.1, 0.15) is 0 Å². The van der Waals surface area contributed by atoms with E-state index in [1.807, 2.05) is 6.92 Å². The summed E-state index contributed by atoms with van der Waals surface area (Å²) in [5, 5.41) is 1.08. The molecule has 3 rings (SSSR count). The minimum absolute atomic E-state index is 0.274. The number of hydrogen-bond acceptors (Lipinski definition) is 4. The minimum Gasteiger partial charge on any atom is -0.242 e. The maximum atomic E-state index is 11.7. The van der Waals surface area contributed by atoms with Crippen LogP contribution in [0.15, 0.2) is 18.2 Å². The lowest BCUT2D eigenvalue weighted by molar-refractivity contribution is 0.484. The van der Waals surface area contributed by atoms with E-state index < -0.39 is 9.84 Å². The van der Waals surface area contributed by atoms with E-state index in [1.165, 1.54) is 10.3 Å². The molecule has 2 aromatic rings. The second-order valence-electron chi connectivity index (χ2n) is 5.36. The van der Waals surface area contributed by atoms with Crippen LogP contribution >= 0.6 is 11.3 Å². The predicted octanol–water partition coefficient (Wildman–Crippen LogP) is 2.97. The van der Waals surface area contributed by atoms with E-state index in [0.717, 1.165) is 29.8 Å². The Hall–Kier alpha value is -0.940. The van der Waals surface area contributed by atoms with Crippen molar-refractivity contribution in [1.29, 1.82) is 0 Å². The van der Waals surface area contributed by atoms with Gasteiger partial charge in [0, 0.05) is 0 Å². The van der Waals surface area contributed by atoms with Crippen molar-refractivity contribution in [2.75, 3.05) is 11.5 Å². The van der Waals surface area contributed by atoms with Crippen LogP contribution in [0.5, 0.6) is 0 Å². The van der Waals surface area contributed by atoms with Crippen LogP contribution in [0.2, 0.25) is 0 Å². The second kappa shape index (κ2) is 4.87. The highest BCUT2D eigenvalue weighted by Gasteiger charge is 2.24. The van der Waals surface area contributed by atoms with E-state index in [2.05, 4.69) is 23.2 Å². The van der Waals surface area contributed by atoms with Gasteiger partial charge in [-0.05, 0) is 49.8 Å². The van der Waals surface area contributed by atoms with Gasteiger partial charge in [-0.1, -0.05) is 6.07 Å². The molecule has 1 aromatic carbocycles. The topological polar surface area (TPSA) is 47.0 Å². The second-order valence-corrected chi connectivity index (χ2v) is 8.83. The molecule has 1 aliphatic heterocycles. The molecule has 1 saturated heterocycles. The fraction of sp³-hybridized carbons (Fsp3) is 0.500. The normalized spacial score (nSPS) is 22.7. The Morgan fingerprint density at radius 1 is 1.42 bits per heavy atom. The van der Waals surface area contributed by atoms with E-state index in [1.54, 1.807) is 11.3 Å². The van der Waals surface area contributed by atoms with E-state index >= 15 is 0 Å². The number of rotatable bonds is 2. The van der Waals surface area contributed by atoms with Gasteiger partial charge in [-0.3, -0.25) is 0 Å². The average molecular weight is 295 g/mol. The Balaban J connectivity index is 1.81. The molecule has 0 radical (unpaired) electrons. The number of sulfone groups is 1. The molecule has 3 nitrogen and oxygen atoms in total. The van der Waals surface area contributed by atoms with Gasteiger partial charge in [-0.2, -0.15) is 0 Å². The summed E-state index contributed by atoms with van der Waals surface area (Å²) in [4.78, 5) is 4.50. The number of aryl methyl sites for hydroxylation is 1. The predicted molar refractivity (Wildman–Crippen MR) is 79.4 cm³/mol. The molecule has 0 aliphatic carbocycles. The number of hydrogen-bond donors (Lipinski definition) is 0. The fourth-order valence-electron chi connectivity index (χ4n) is 2.83. The molecule has 1 aliphatic rings. The monoisotopic (exact) mass is 295 g/mol. The summed E-state index contributed by atoms with van der Waals surface area (Å²) in [6, 6.07) is 6.33. The van der Waals surface area contributed by atoms with E-state index in [9.17, 15) is 8.42 Å². The molecule has 19 heavy (non-hydrogen) atoms. The molecule has 102 valence electrons. The highest BCUT2D eigenvalue weighted by Crippen LogP contribution is 2.26. The van der Waals surface area contributed by atoms with Crippen molar-refractivity contribution < 1.29 is 8.42 Å². The van der Waals surface area contributed by atoms with Gasteiger partial charge in [-0.15, -0.1) is 11.3 Å². The highest BCUT2D eigenvalue weighted by atomic mass is 32.2. The molecular formula is C14H17NO2S2. The lowest BCUT2D eigenvalue weighted by Gasteiger charge is -2.21. The van der Waals surface area contributed by atoms with E-state index in [0.29, 0.717) is 11.5 Å². The molecule has 1 atom stereocenters. The SMILES string of the molecule is Cc1nc2cc(CC3CCCS(=O)(=O)C3)ccc2s1. The Kier molecular flexibility index (Phi) is 3.35. The molecule has 0 amide bonds. The largest absolute Gasteiger partial charge is 0.242 e. The Morgan fingerprint density at radius 2 is 2.26 bits per heavy atom. The highest BCUT2D eigenvalue weighted by molar-refractivity contribution is 7.91. The van der Waals surface area contributed by atoms with Gasteiger partial charge < -0.3 is 0 Å². The first-order chi connectivity index (χ1) is 9.02. The standard InChI is InChI=1S/C14H17NO2S2/c1-10-15-13-8-11(4-5-14(13)18-10)7-12-3-2-6-19(16,17)9-12/h4-5,8,12H,2-3,6-7,9H2,1H3. The van der Waals surface area contributed by atoms with Crippen LogP contribution < -0.4 is 0 Å². The number of benzene rings is 1. The third-order valence-corrected chi connectivity index (χ3v) is 6.48. The zero-order chi connectivity index (χ0) is 13.5. The number of thiazole rings is 1. The smallest absolute Gasteiger partial charge is 0.150 e. The summed E-state index contributed by atoms with van der Waals surface area (Å²) in [5.74, 6) is 0.991. The van der Waals surface area contributed by atoms with Crippen molar-refractivity contribution in [3.05, 3.63) is 28.8 Å². The first kappa shape index (κ1) is 13.1. The minimum atomic E-state index is -2.80. The molecule has 1 unspecified atom stereocenters. The van der Waals surface area contributed by atoms with Crippen LogP contribution in [0.4, 0.5) is 0 Å². The summed E-state index contributed by atoms with van der Waals surface area (Å²) in [7, 11) is -2.80.